The van der Waals surface area contributed by atoms with E-state index in [1.165, 1.54) is 6.92 Å². The Morgan fingerprint density at radius 2 is 1.27 bits per heavy atom. The maximum Gasteiger partial charge on any atom is 0.322 e. The van der Waals surface area contributed by atoms with Gasteiger partial charge in [0, 0.05) is 0 Å². The molecule has 0 spiro atoms. The zero-order valence-electron chi connectivity index (χ0n) is 14.0. The van der Waals surface area contributed by atoms with E-state index in [1.807, 2.05) is 5.32 Å². The van der Waals surface area contributed by atoms with E-state index in [1.54, 1.807) is 0 Å². The van der Waals surface area contributed by atoms with Crippen molar-refractivity contribution in [1.82, 2.24) is 16.0 Å². The molecule has 0 rings (SSSR count). The fourth-order valence-corrected chi connectivity index (χ4v) is 1.68. The lowest BCUT2D eigenvalue weighted by atomic mass is 10.1. The van der Waals surface area contributed by atoms with Crippen molar-refractivity contribution in [2.24, 2.45) is 17.2 Å². The number of hydrogen-bond donors (Lipinski definition) is 7. The van der Waals surface area contributed by atoms with Crippen LogP contribution in [0.1, 0.15) is 19.8 Å². The molecule has 0 aromatic carbocycles. The summed E-state index contributed by atoms with van der Waals surface area (Å²) in [6, 6.07) is -3.95. The van der Waals surface area contributed by atoms with Crippen molar-refractivity contribution in [1.29, 1.82) is 0 Å². The molecule has 0 saturated carbocycles. The first kappa shape index (κ1) is 22.8. The fourth-order valence-electron chi connectivity index (χ4n) is 1.68. The standard InChI is InChI=1S/C13H22N6O7/c1-5(14)11(24)18-7(3-9(16)21)13(26)19-6(2-8(15)20)12(25)17-4-10(22)23/h5-7H,2-4,14H2,1H3,(H2,15,20)(H2,16,21)(H,17,25)(H,18,24)(H,19,26)(H,22,23). The molecule has 0 aromatic heterocycles. The number of primary amides is 2. The lowest BCUT2D eigenvalue weighted by molar-refractivity contribution is -0.139. The highest BCUT2D eigenvalue weighted by atomic mass is 16.4. The van der Waals surface area contributed by atoms with E-state index in [2.05, 4.69) is 10.6 Å². The summed E-state index contributed by atoms with van der Waals surface area (Å²) < 4.78 is 0. The van der Waals surface area contributed by atoms with Gasteiger partial charge in [-0.15, -0.1) is 0 Å². The summed E-state index contributed by atoms with van der Waals surface area (Å²) in [5.74, 6) is -5.97. The Bertz CT molecular complexity index is 592. The van der Waals surface area contributed by atoms with Gasteiger partial charge >= 0.3 is 5.97 Å². The van der Waals surface area contributed by atoms with Crippen molar-refractivity contribution in [2.45, 2.75) is 37.9 Å². The summed E-state index contributed by atoms with van der Waals surface area (Å²) in [5, 5.41) is 14.8. The Hall–Kier alpha value is -3.22. The minimum atomic E-state index is -1.51. The third-order valence-corrected chi connectivity index (χ3v) is 2.90. The lowest BCUT2D eigenvalue weighted by Gasteiger charge is -2.22. The van der Waals surface area contributed by atoms with Crippen molar-refractivity contribution in [3.8, 4) is 0 Å². The monoisotopic (exact) mass is 374 g/mol. The van der Waals surface area contributed by atoms with Crippen LogP contribution in [0.25, 0.3) is 0 Å². The molecule has 13 nitrogen and oxygen atoms in total. The van der Waals surface area contributed by atoms with E-state index in [4.69, 9.17) is 22.3 Å². The van der Waals surface area contributed by atoms with Crippen molar-refractivity contribution in [3.63, 3.8) is 0 Å². The summed E-state index contributed by atoms with van der Waals surface area (Å²) >= 11 is 0. The first-order chi connectivity index (χ1) is 11.9. The van der Waals surface area contributed by atoms with E-state index in [-0.39, 0.29) is 0 Å². The number of aliphatic carboxylic acids is 1. The minimum Gasteiger partial charge on any atom is -0.480 e. The number of carbonyl (C=O) groups is 6. The van der Waals surface area contributed by atoms with Crippen LogP contribution in [-0.4, -0.2) is 65.3 Å². The third kappa shape index (κ3) is 9.17. The van der Waals surface area contributed by atoms with Crippen LogP contribution in [-0.2, 0) is 28.8 Å². The van der Waals surface area contributed by atoms with Gasteiger partial charge in [0.1, 0.15) is 18.6 Å². The molecular formula is C13H22N6O7. The zero-order valence-corrected chi connectivity index (χ0v) is 14.0. The number of hydrogen-bond acceptors (Lipinski definition) is 7. The molecule has 0 fully saturated rings. The highest BCUT2D eigenvalue weighted by molar-refractivity contribution is 5.97. The molecule has 3 atom stereocenters. The van der Waals surface area contributed by atoms with E-state index in [0.717, 1.165) is 0 Å². The van der Waals surface area contributed by atoms with Gasteiger partial charge in [0.15, 0.2) is 0 Å². The van der Waals surface area contributed by atoms with Gasteiger partial charge in [0.25, 0.3) is 0 Å². The van der Waals surface area contributed by atoms with Gasteiger partial charge in [-0.25, -0.2) is 0 Å². The topological polar surface area (TPSA) is 237 Å². The summed E-state index contributed by atoms with van der Waals surface area (Å²) in [6.07, 6.45) is -1.23. The number of nitrogens with two attached hydrogens (primary N) is 3. The smallest absolute Gasteiger partial charge is 0.322 e. The van der Waals surface area contributed by atoms with Crippen LogP contribution in [0, 0.1) is 0 Å². The molecule has 146 valence electrons. The Labute approximate surface area is 148 Å². The average Bonchev–Trinajstić information content (AvgIpc) is 2.49. The second kappa shape index (κ2) is 10.6. The van der Waals surface area contributed by atoms with Crippen LogP contribution >= 0.6 is 0 Å². The predicted molar refractivity (Wildman–Crippen MR) is 85.8 cm³/mol. The van der Waals surface area contributed by atoms with Gasteiger partial charge in [-0.3, -0.25) is 28.8 Å². The SMILES string of the molecule is CC(N)C(=O)NC(CC(N)=O)C(=O)NC(CC(N)=O)C(=O)NCC(=O)O. The molecule has 0 radical (unpaired) electrons. The Morgan fingerprint density at radius 3 is 1.65 bits per heavy atom. The number of carboxylic acids is 1. The van der Waals surface area contributed by atoms with Gasteiger partial charge in [0.05, 0.1) is 18.9 Å². The summed E-state index contributed by atoms with van der Waals surface area (Å²) in [6.45, 7) is 0.583. The van der Waals surface area contributed by atoms with E-state index >= 15 is 0 Å². The average molecular weight is 374 g/mol. The number of rotatable bonds is 11. The zero-order chi connectivity index (χ0) is 20.4. The van der Waals surface area contributed by atoms with Gasteiger partial charge in [-0.1, -0.05) is 0 Å². The number of carboxylic acid groups (broad SMARTS) is 1. The molecule has 0 aliphatic heterocycles. The maximum atomic E-state index is 12.2. The molecule has 0 bridgehead atoms. The largest absolute Gasteiger partial charge is 0.480 e. The van der Waals surface area contributed by atoms with Crippen LogP contribution in [0.4, 0.5) is 0 Å². The molecule has 3 unspecified atom stereocenters. The van der Waals surface area contributed by atoms with Crippen LogP contribution < -0.4 is 33.2 Å². The molecule has 26 heavy (non-hydrogen) atoms. The summed E-state index contributed by atoms with van der Waals surface area (Å²) in [7, 11) is 0. The van der Waals surface area contributed by atoms with Gasteiger partial charge < -0.3 is 38.3 Å². The predicted octanol–water partition coefficient (Wildman–Crippen LogP) is -4.75. The highest BCUT2D eigenvalue weighted by Gasteiger charge is 2.29. The number of nitrogens with one attached hydrogen (secondary N) is 3. The molecular weight excluding hydrogens is 352 g/mol. The second-order valence-electron chi connectivity index (χ2n) is 5.36. The highest BCUT2D eigenvalue weighted by Crippen LogP contribution is 1.98. The van der Waals surface area contributed by atoms with Crippen molar-refractivity contribution >= 4 is 35.5 Å². The minimum absolute atomic E-state index is 0.593. The van der Waals surface area contributed by atoms with E-state index in [0.29, 0.717) is 0 Å². The van der Waals surface area contributed by atoms with Crippen LogP contribution in [0.2, 0.25) is 0 Å². The van der Waals surface area contributed by atoms with Crippen LogP contribution in [0.5, 0.6) is 0 Å². The molecule has 13 heteroatoms. The van der Waals surface area contributed by atoms with E-state index in [9.17, 15) is 28.8 Å². The normalized spacial score (nSPS) is 13.6. The Morgan fingerprint density at radius 1 is 0.846 bits per heavy atom. The first-order valence-corrected chi connectivity index (χ1v) is 7.36. The number of carbonyl (C=O) groups excluding carboxylic acids is 5. The Balaban J connectivity index is 5.20. The molecule has 10 N–H and O–H groups in total. The first-order valence-electron chi connectivity index (χ1n) is 7.36. The molecule has 0 aromatic rings. The summed E-state index contributed by atoms with van der Waals surface area (Å²) in [5.41, 5.74) is 15.4. The Kier molecular flexibility index (Phi) is 9.29. The second-order valence-corrected chi connectivity index (χ2v) is 5.36. The molecule has 5 amide bonds. The van der Waals surface area contributed by atoms with Gasteiger partial charge in [-0.05, 0) is 6.92 Å². The molecule has 0 saturated heterocycles. The van der Waals surface area contributed by atoms with Crippen LogP contribution in [0.15, 0.2) is 0 Å². The van der Waals surface area contributed by atoms with Crippen molar-refractivity contribution in [2.75, 3.05) is 6.54 Å². The molecule has 0 heterocycles. The van der Waals surface area contributed by atoms with Crippen molar-refractivity contribution in [3.05, 3.63) is 0 Å². The third-order valence-electron chi connectivity index (χ3n) is 2.90. The quantitative estimate of drug-likeness (QED) is 0.185. The van der Waals surface area contributed by atoms with Gasteiger partial charge in [0.2, 0.25) is 29.5 Å². The molecule has 0 aliphatic carbocycles. The fraction of sp³-hybridized carbons (Fsp3) is 0.538. The van der Waals surface area contributed by atoms with Crippen LogP contribution in [0.3, 0.4) is 0 Å². The number of amides is 5. The summed E-state index contributed by atoms with van der Waals surface area (Å²) in [4.78, 5) is 68.4. The van der Waals surface area contributed by atoms with Gasteiger partial charge in [-0.2, -0.15) is 0 Å². The molecule has 0 aliphatic rings. The van der Waals surface area contributed by atoms with E-state index < -0.39 is 73.0 Å². The lowest BCUT2D eigenvalue weighted by Crippen LogP contribution is -2.57. The maximum absolute atomic E-state index is 12.2. The van der Waals surface area contributed by atoms with Crippen molar-refractivity contribution < 1.29 is 33.9 Å².